The van der Waals surface area contributed by atoms with Crippen LogP contribution in [-0.2, 0) is 0 Å². The van der Waals surface area contributed by atoms with Gasteiger partial charge in [-0.1, -0.05) is 55.8 Å². The Balaban J connectivity index is 1.91. The van der Waals surface area contributed by atoms with E-state index < -0.39 is 24.2 Å². The summed E-state index contributed by atoms with van der Waals surface area (Å²) in [5.41, 5.74) is -1.37. The number of hydrazone groups is 1. The summed E-state index contributed by atoms with van der Waals surface area (Å²) < 4.78 is 40.4. The third-order valence-corrected chi connectivity index (χ3v) is 4.47. The van der Waals surface area contributed by atoms with Gasteiger partial charge in [0, 0.05) is 17.7 Å². The molecule has 4 nitrogen and oxygen atoms in total. The average molecular weight is 376 g/mol. The van der Waals surface area contributed by atoms with Gasteiger partial charge < -0.3 is 5.11 Å². The maximum absolute atomic E-state index is 13.5. The Morgan fingerprint density at radius 1 is 1.11 bits per heavy atom. The predicted octanol–water partition coefficient (Wildman–Crippen LogP) is 4.61. The molecule has 0 spiro atoms. The Bertz CT molecular complexity index is 848. The van der Waals surface area contributed by atoms with E-state index in [9.17, 15) is 23.1 Å². The van der Waals surface area contributed by atoms with E-state index in [0.29, 0.717) is 6.42 Å². The van der Waals surface area contributed by atoms with Crippen molar-refractivity contribution in [3.05, 3.63) is 60.2 Å². The molecule has 2 aromatic carbocycles. The average Bonchev–Trinajstić information content (AvgIpc) is 3.00. The van der Waals surface area contributed by atoms with Crippen molar-refractivity contribution >= 4 is 11.6 Å². The summed E-state index contributed by atoms with van der Waals surface area (Å²) in [7, 11) is 0. The number of hydrogen-bond donors (Lipinski definition) is 1. The minimum Gasteiger partial charge on any atom is -0.362 e. The molecular weight excluding hydrogens is 357 g/mol. The SMILES string of the molecule is CCCC1=NN(C(=O)c2ccc(-c3ccccc3)cc2)C(O)(C(F)(F)F)C1. The highest BCUT2D eigenvalue weighted by atomic mass is 19.4. The van der Waals surface area contributed by atoms with E-state index in [1.165, 1.54) is 12.1 Å². The first-order valence-corrected chi connectivity index (χ1v) is 8.62. The van der Waals surface area contributed by atoms with Gasteiger partial charge in [-0.25, -0.2) is 0 Å². The highest BCUT2D eigenvalue weighted by molar-refractivity contribution is 5.98. The lowest BCUT2D eigenvalue weighted by molar-refractivity contribution is -0.297. The number of rotatable bonds is 4. The first kappa shape index (κ1) is 19.1. The van der Waals surface area contributed by atoms with Crippen LogP contribution in [0, 0.1) is 0 Å². The van der Waals surface area contributed by atoms with E-state index in [1.807, 2.05) is 30.3 Å². The molecule has 0 radical (unpaired) electrons. The molecule has 0 saturated heterocycles. The Kier molecular flexibility index (Phi) is 5.06. The van der Waals surface area contributed by atoms with E-state index in [2.05, 4.69) is 5.10 Å². The maximum Gasteiger partial charge on any atom is 0.438 e. The summed E-state index contributed by atoms with van der Waals surface area (Å²) >= 11 is 0. The molecule has 1 aliphatic heterocycles. The van der Waals surface area contributed by atoms with Gasteiger partial charge in [-0.2, -0.15) is 23.3 Å². The Labute approximate surface area is 154 Å². The van der Waals surface area contributed by atoms with Crippen LogP contribution in [0.4, 0.5) is 13.2 Å². The summed E-state index contributed by atoms with van der Waals surface area (Å²) in [4.78, 5) is 12.7. The molecule has 0 fully saturated rings. The van der Waals surface area contributed by atoms with E-state index in [-0.39, 0.29) is 22.7 Å². The van der Waals surface area contributed by atoms with Crippen molar-refractivity contribution in [2.24, 2.45) is 5.10 Å². The molecule has 3 rings (SSSR count). The maximum atomic E-state index is 13.5. The van der Waals surface area contributed by atoms with Crippen LogP contribution < -0.4 is 0 Å². The van der Waals surface area contributed by atoms with Crippen molar-refractivity contribution < 1.29 is 23.1 Å². The molecule has 7 heteroatoms. The normalized spacial score (nSPS) is 19.9. The molecule has 0 aliphatic carbocycles. The van der Waals surface area contributed by atoms with Crippen molar-refractivity contribution in [3.8, 4) is 11.1 Å². The molecule has 1 amide bonds. The van der Waals surface area contributed by atoms with Crippen LogP contribution in [0.3, 0.4) is 0 Å². The van der Waals surface area contributed by atoms with Crippen molar-refractivity contribution in [1.29, 1.82) is 0 Å². The fourth-order valence-electron chi connectivity index (χ4n) is 3.04. The van der Waals surface area contributed by atoms with Gasteiger partial charge in [0.05, 0.1) is 0 Å². The minimum atomic E-state index is -5.01. The molecule has 1 unspecified atom stereocenters. The largest absolute Gasteiger partial charge is 0.438 e. The molecule has 2 aromatic rings. The molecular formula is C20H19F3N2O2. The van der Waals surface area contributed by atoms with Crippen LogP contribution in [0.1, 0.15) is 36.5 Å². The summed E-state index contributed by atoms with van der Waals surface area (Å²) in [6.45, 7) is 1.79. The van der Waals surface area contributed by atoms with Gasteiger partial charge in [-0.05, 0) is 29.7 Å². The smallest absolute Gasteiger partial charge is 0.362 e. The number of benzene rings is 2. The fraction of sp³-hybridized carbons (Fsp3) is 0.300. The highest BCUT2D eigenvalue weighted by Gasteiger charge is 2.63. The molecule has 0 bridgehead atoms. The number of hydrogen-bond acceptors (Lipinski definition) is 3. The Morgan fingerprint density at radius 3 is 2.26 bits per heavy atom. The second-order valence-electron chi connectivity index (χ2n) is 6.47. The van der Waals surface area contributed by atoms with Crippen LogP contribution in [-0.4, -0.2) is 33.6 Å². The van der Waals surface area contributed by atoms with Crippen LogP contribution in [0.25, 0.3) is 11.1 Å². The van der Waals surface area contributed by atoms with Crippen molar-refractivity contribution in [2.75, 3.05) is 0 Å². The molecule has 1 N–H and O–H groups in total. The van der Waals surface area contributed by atoms with Crippen LogP contribution in [0.2, 0.25) is 0 Å². The zero-order valence-electron chi connectivity index (χ0n) is 14.7. The number of aliphatic hydroxyl groups is 1. The summed E-state index contributed by atoms with van der Waals surface area (Å²) in [6, 6.07) is 15.6. The third kappa shape index (κ3) is 3.60. The monoisotopic (exact) mass is 376 g/mol. The van der Waals surface area contributed by atoms with Gasteiger partial charge in [0.25, 0.3) is 11.6 Å². The Hall–Kier alpha value is -2.67. The van der Waals surface area contributed by atoms with Gasteiger partial charge in [0.1, 0.15) is 0 Å². The zero-order chi connectivity index (χ0) is 19.7. The first-order chi connectivity index (χ1) is 12.8. The number of carbonyl (C=O) groups excluding carboxylic acids is 1. The van der Waals surface area contributed by atoms with Crippen LogP contribution >= 0.6 is 0 Å². The predicted molar refractivity (Wildman–Crippen MR) is 96.0 cm³/mol. The third-order valence-electron chi connectivity index (χ3n) is 4.47. The standard InChI is InChI=1S/C20H19F3N2O2/c1-2-6-17-13-19(27,20(21,22)23)25(24-17)18(26)16-11-9-15(10-12-16)14-7-4-3-5-8-14/h3-5,7-12,27H,2,6,13H2,1H3. The van der Waals surface area contributed by atoms with Crippen molar-refractivity contribution in [3.63, 3.8) is 0 Å². The summed E-state index contributed by atoms with van der Waals surface area (Å²) in [5, 5.41) is 14.2. The molecule has 0 saturated carbocycles. The summed E-state index contributed by atoms with van der Waals surface area (Å²) in [6.07, 6.45) is -4.88. The zero-order valence-corrected chi connectivity index (χ0v) is 14.7. The van der Waals surface area contributed by atoms with E-state index in [4.69, 9.17) is 0 Å². The van der Waals surface area contributed by atoms with Gasteiger partial charge in [0.15, 0.2) is 0 Å². The molecule has 1 aliphatic rings. The molecule has 27 heavy (non-hydrogen) atoms. The number of carbonyl (C=O) groups is 1. The molecule has 1 atom stereocenters. The van der Waals surface area contributed by atoms with Crippen LogP contribution in [0.5, 0.6) is 0 Å². The molecule has 142 valence electrons. The number of amides is 1. The summed E-state index contributed by atoms with van der Waals surface area (Å²) in [5.74, 6) is -0.986. The quantitative estimate of drug-likeness (QED) is 0.847. The van der Waals surface area contributed by atoms with Gasteiger partial charge in [-0.15, -0.1) is 0 Å². The van der Waals surface area contributed by atoms with E-state index in [0.717, 1.165) is 11.1 Å². The van der Waals surface area contributed by atoms with Gasteiger partial charge >= 0.3 is 6.18 Å². The number of alkyl halides is 3. The van der Waals surface area contributed by atoms with E-state index >= 15 is 0 Å². The van der Waals surface area contributed by atoms with Crippen LogP contribution in [0.15, 0.2) is 59.7 Å². The molecule has 1 heterocycles. The van der Waals surface area contributed by atoms with Crippen molar-refractivity contribution in [2.45, 2.75) is 38.1 Å². The van der Waals surface area contributed by atoms with E-state index in [1.54, 1.807) is 19.1 Å². The second kappa shape index (κ2) is 7.15. The second-order valence-corrected chi connectivity index (χ2v) is 6.47. The lowest BCUT2D eigenvalue weighted by Gasteiger charge is -2.32. The lowest BCUT2D eigenvalue weighted by atomic mass is 10.0. The number of nitrogens with zero attached hydrogens (tertiary/aromatic N) is 2. The number of halogens is 3. The fourth-order valence-corrected chi connectivity index (χ4v) is 3.04. The van der Waals surface area contributed by atoms with Gasteiger partial charge in [-0.3, -0.25) is 4.79 Å². The van der Waals surface area contributed by atoms with Gasteiger partial charge in [0.2, 0.25) is 0 Å². The topological polar surface area (TPSA) is 52.9 Å². The molecule has 0 aromatic heterocycles. The first-order valence-electron chi connectivity index (χ1n) is 8.62. The highest BCUT2D eigenvalue weighted by Crippen LogP contribution is 2.41. The van der Waals surface area contributed by atoms with Crippen molar-refractivity contribution in [1.82, 2.24) is 5.01 Å². The lowest BCUT2D eigenvalue weighted by Crippen LogP contribution is -2.56. The Morgan fingerprint density at radius 2 is 1.70 bits per heavy atom. The minimum absolute atomic E-state index is 0.0267.